The van der Waals surface area contributed by atoms with Crippen LogP contribution in [0.4, 0.5) is 0 Å². The molecule has 4 rings (SSSR count). The average molecular weight is 421 g/mol. The van der Waals surface area contributed by atoms with Crippen molar-refractivity contribution in [3.63, 3.8) is 0 Å². The number of rotatable bonds is 5. The van der Waals surface area contributed by atoms with Gasteiger partial charge in [-0.2, -0.15) is 0 Å². The van der Waals surface area contributed by atoms with Crippen molar-refractivity contribution in [1.82, 2.24) is 14.5 Å². The van der Waals surface area contributed by atoms with E-state index in [1.165, 1.54) is 11.1 Å². The monoisotopic (exact) mass is 420 g/mol. The first kappa shape index (κ1) is 22.2. The van der Waals surface area contributed by atoms with Crippen molar-refractivity contribution in [1.29, 1.82) is 0 Å². The van der Waals surface area contributed by atoms with E-state index in [9.17, 15) is 4.79 Å². The highest BCUT2D eigenvalue weighted by molar-refractivity contribution is 5.97. The maximum absolute atomic E-state index is 12.8. The fraction of sp³-hybridized carbons (Fsp3) is 0.292. The molecule has 0 spiro atoms. The molecule has 0 fully saturated rings. The quantitative estimate of drug-likeness (QED) is 0.454. The van der Waals surface area contributed by atoms with Crippen LogP contribution in [0.3, 0.4) is 0 Å². The highest BCUT2D eigenvalue weighted by atomic mass is 16.4. The molecule has 0 unspecified atom stereocenters. The fourth-order valence-electron chi connectivity index (χ4n) is 3.72. The number of aliphatic carboxylic acids is 1. The number of fused-ring (bicyclic) bond motifs is 2. The highest BCUT2D eigenvalue weighted by Crippen LogP contribution is 2.31. The van der Waals surface area contributed by atoms with E-state index < -0.39 is 5.97 Å². The minimum atomic E-state index is -0.833. The van der Waals surface area contributed by atoms with E-state index in [0.29, 0.717) is 12.2 Å². The zero-order valence-corrected chi connectivity index (χ0v) is 18.1. The fourth-order valence-corrected chi connectivity index (χ4v) is 3.72. The SMILES string of the molecule is CC(=O)O.CCc1cccc2c(-c3nc4cc(C)ccc4[nH]c3=O)cn(CCCN)c12. The molecule has 0 saturated heterocycles. The molecule has 0 bridgehead atoms. The normalized spacial score (nSPS) is 10.8. The van der Waals surface area contributed by atoms with E-state index in [-0.39, 0.29) is 5.56 Å². The van der Waals surface area contributed by atoms with Crippen LogP contribution in [0.15, 0.2) is 47.4 Å². The second kappa shape index (κ2) is 9.57. The molecule has 0 atom stereocenters. The van der Waals surface area contributed by atoms with E-state index in [1.807, 2.05) is 25.1 Å². The van der Waals surface area contributed by atoms with Crippen molar-refractivity contribution in [2.75, 3.05) is 6.54 Å². The number of aryl methyl sites for hydroxylation is 3. The van der Waals surface area contributed by atoms with Crippen molar-refractivity contribution in [3.05, 3.63) is 64.1 Å². The van der Waals surface area contributed by atoms with Gasteiger partial charge in [0.2, 0.25) is 0 Å². The van der Waals surface area contributed by atoms with E-state index in [2.05, 4.69) is 40.9 Å². The minimum absolute atomic E-state index is 0.161. The van der Waals surface area contributed by atoms with E-state index in [4.69, 9.17) is 20.6 Å². The van der Waals surface area contributed by atoms with Crippen LogP contribution in [0, 0.1) is 6.92 Å². The zero-order chi connectivity index (χ0) is 22.5. The lowest BCUT2D eigenvalue weighted by Gasteiger charge is -2.07. The smallest absolute Gasteiger partial charge is 0.300 e. The van der Waals surface area contributed by atoms with Gasteiger partial charge in [0.1, 0.15) is 5.69 Å². The van der Waals surface area contributed by atoms with Gasteiger partial charge in [-0.25, -0.2) is 4.98 Å². The van der Waals surface area contributed by atoms with Crippen LogP contribution >= 0.6 is 0 Å². The van der Waals surface area contributed by atoms with Crippen LogP contribution in [0.2, 0.25) is 0 Å². The summed E-state index contributed by atoms with van der Waals surface area (Å²) in [7, 11) is 0. The molecule has 0 radical (unpaired) electrons. The van der Waals surface area contributed by atoms with Crippen molar-refractivity contribution in [2.45, 2.75) is 40.2 Å². The summed E-state index contributed by atoms with van der Waals surface area (Å²) in [6.07, 6.45) is 3.88. The number of para-hydroxylation sites is 1. The van der Waals surface area contributed by atoms with Crippen LogP contribution in [-0.4, -0.2) is 32.2 Å². The molecule has 4 N–H and O–H groups in total. The maximum Gasteiger partial charge on any atom is 0.300 e. The van der Waals surface area contributed by atoms with Crippen LogP contribution in [-0.2, 0) is 17.8 Å². The Labute approximate surface area is 180 Å². The van der Waals surface area contributed by atoms with Crippen molar-refractivity contribution < 1.29 is 9.90 Å². The number of carbonyl (C=O) groups is 1. The third kappa shape index (κ3) is 4.83. The first-order valence-corrected chi connectivity index (χ1v) is 10.4. The number of carboxylic acid groups (broad SMARTS) is 1. The number of nitrogens with two attached hydrogens (primary N) is 1. The number of carboxylic acids is 1. The number of H-pyrrole nitrogens is 1. The molecule has 0 amide bonds. The number of nitrogens with one attached hydrogen (secondary N) is 1. The second-order valence-corrected chi connectivity index (χ2v) is 7.50. The molecular weight excluding hydrogens is 392 g/mol. The van der Waals surface area contributed by atoms with Gasteiger partial charge < -0.3 is 20.4 Å². The van der Waals surface area contributed by atoms with Crippen LogP contribution < -0.4 is 11.3 Å². The van der Waals surface area contributed by atoms with Gasteiger partial charge in [-0.15, -0.1) is 0 Å². The van der Waals surface area contributed by atoms with Gasteiger partial charge in [0.05, 0.1) is 16.6 Å². The van der Waals surface area contributed by atoms with Gasteiger partial charge >= 0.3 is 0 Å². The van der Waals surface area contributed by atoms with Crippen LogP contribution in [0.25, 0.3) is 33.2 Å². The molecule has 7 heteroatoms. The molecule has 31 heavy (non-hydrogen) atoms. The van der Waals surface area contributed by atoms with Crippen LogP contribution in [0.1, 0.15) is 31.4 Å². The van der Waals surface area contributed by atoms with Gasteiger partial charge in [-0.3, -0.25) is 9.59 Å². The predicted octanol–water partition coefficient (Wildman–Crippen LogP) is 3.86. The van der Waals surface area contributed by atoms with Gasteiger partial charge in [-0.05, 0) is 49.6 Å². The van der Waals surface area contributed by atoms with Gasteiger partial charge in [0.15, 0.2) is 0 Å². The summed E-state index contributed by atoms with van der Waals surface area (Å²) in [5.41, 5.74) is 12.0. The Balaban J connectivity index is 0.000000628. The summed E-state index contributed by atoms with van der Waals surface area (Å²) in [5, 5.41) is 8.48. The number of aromatic amines is 1. The van der Waals surface area contributed by atoms with Gasteiger partial charge in [-0.1, -0.05) is 31.2 Å². The standard InChI is InChI=1S/C22H24N4O.C2H4O2/c1-3-15-6-4-7-16-17(13-26(21(15)16)11-5-10-23)20-22(27)25-18-9-8-14(2)12-19(18)24-20;1-2(3)4/h4,6-9,12-13H,3,5,10-11,23H2,1-2H3,(H,25,27);1H3,(H,3,4). The molecule has 0 aliphatic rings. The Morgan fingerprint density at radius 2 is 2.00 bits per heavy atom. The number of benzene rings is 2. The average Bonchev–Trinajstić information content (AvgIpc) is 3.10. The Kier molecular flexibility index (Phi) is 6.87. The molecule has 2 heterocycles. The Morgan fingerprint density at radius 1 is 1.26 bits per heavy atom. The molecular formula is C24H28N4O3. The van der Waals surface area contributed by atoms with Crippen molar-refractivity contribution in [2.24, 2.45) is 5.73 Å². The van der Waals surface area contributed by atoms with Gasteiger partial charge in [0.25, 0.3) is 11.5 Å². The summed E-state index contributed by atoms with van der Waals surface area (Å²) in [6, 6.07) is 12.2. The molecule has 0 saturated carbocycles. The van der Waals surface area contributed by atoms with Crippen LogP contribution in [0.5, 0.6) is 0 Å². The third-order valence-electron chi connectivity index (χ3n) is 5.07. The second-order valence-electron chi connectivity index (χ2n) is 7.50. The first-order valence-electron chi connectivity index (χ1n) is 10.4. The molecule has 2 aromatic heterocycles. The third-order valence-corrected chi connectivity index (χ3v) is 5.07. The number of aromatic nitrogens is 3. The summed E-state index contributed by atoms with van der Waals surface area (Å²) in [5.74, 6) is -0.833. The molecule has 4 aromatic rings. The number of hydrogen-bond acceptors (Lipinski definition) is 4. The molecule has 7 nitrogen and oxygen atoms in total. The first-order chi connectivity index (χ1) is 14.8. The Bertz CT molecular complexity index is 1280. The van der Waals surface area contributed by atoms with Gasteiger partial charge in [0, 0.05) is 30.6 Å². The minimum Gasteiger partial charge on any atom is -0.481 e. The summed E-state index contributed by atoms with van der Waals surface area (Å²) in [4.78, 5) is 29.5. The summed E-state index contributed by atoms with van der Waals surface area (Å²) >= 11 is 0. The Hall–Kier alpha value is -3.45. The van der Waals surface area contributed by atoms with E-state index in [0.717, 1.165) is 53.9 Å². The van der Waals surface area contributed by atoms with E-state index in [1.54, 1.807) is 0 Å². The molecule has 162 valence electrons. The summed E-state index contributed by atoms with van der Waals surface area (Å²) in [6.45, 7) is 6.72. The maximum atomic E-state index is 12.8. The lowest BCUT2D eigenvalue weighted by Crippen LogP contribution is -2.11. The highest BCUT2D eigenvalue weighted by Gasteiger charge is 2.17. The lowest BCUT2D eigenvalue weighted by atomic mass is 10.1. The number of hydrogen-bond donors (Lipinski definition) is 3. The Morgan fingerprint density at radius 3 is 2.68 bits per heavy atom. The molecule has 0 aliphatic carbocycles. The van der Waals surface area contributed by atoms with Crippen molar-refractivity contribution >= 4 is 27.9 Å². The lowest BCUT2D eigenvalue weighted by molar-refractivity contribution is -0.134. The zero-order valence-electron chi connectivity index (χ0n) is 18.1. The van der Waals surface area contributed by atoms with Crippen molar-refractivity contribution in [3.8, 4) is 11.3 Å². The van der Waals surface area contributed by atoms with E-state index >= 15 is 0 Å². The number of nitrogens with zero attached hydrogens (tertiary/aromatic N) is 2. The molecule has 0 aliphatic heterocycles. The molecule has 2 aromatic carbocycles. The largest absolute Gasteiger partial charge is 0.481 e. The summed E-state index contributed by atoms with van der Waals surface area (Å²) < 4.78 is 2.22. The topological polar surface area (TPSA) is 114 Å². The predicted molar refractivity (Wildman–Crippen MR) is 124 cm³/mol.